The molecule has 1 unspecified atom stereocenters. The monoisotopic (exact) mass is 267 g/mol. The maximum absolute atomic E-state index is 3.66. The van der Waals surface area contributed by atoms with Crippen LogP contribution in [0.15, 0.2) is 0 Å². The molecular weight excluding hydrogens is 234 g/mol. The fraction of sp³-hybridized carbons (Fsp3) is 1.00. The molecule has 1 aliphatic heterocycles. The van der Waals surface area contributed by atoms with Gasteiger partial charge in [-0.2, -0.15) is 0 Å². The maximum Gasteiger partial charge on any atom is 0.0223 e. The van der Waals surface area contributed by atoms with Gasteiger partial charge in [-0.1, -0.05) is 19.3 Å². The largest absolute Gasteiger partial charge is 0.314 e. The van der Waals surface area contributed by atoms with E-state index in [0.29, 0.717) is 5.54 Å². The molecule has 0 radical (unpaired) electrons. The Hall–Kier alpha value is -0.120. The van der Waals surface area contributed by atoms with Crippen LogP contribution in [0.5, 0.6) is 0 Å². The lowest BCUT2D eigenvalue weighted by molar-refractivity contribution is 0.159. The normalized spacial score (nSPS) is 28.1. The highest BCUT2D eigenvalue weighted by atomic mass is 15.2. The van der Waals surface area contributed by atoms with E-state index in [1.807, 2.05) is 0 Å². The fourth-order valence-electron chi connectivity index (χ4n) is 4.03. The number of likely N-dealkylation sites (tertiary alicyclic amines) is 1. The summed E-state index contributed by atoms with van der Waals surface area (Å²) in [6.07, 6.45) is 11.2. The second kappa shape index (κ2) is 7.05. The average Bonchev–Trinajstić information content (AvgIpc) is 2.84. The third kappa shape index (κ3) is 4.17. The highest BCUT2D eigenvalue weighted by Crippen LogP contribution is 2.31. The molecule has 1 saturated carbocycles. The van der Waals surface area contributed by atoms with Crippen molar-refractivity contribution < 1.29 is 0 Å². The summed E-state index contributed by atoms with van der Waals surface area (Å²) in [6, 6.07) is 0.799. The molecule has 19 heavy (non-hydrogen) atoms. The van der Waals surface area contributed by atoms with Crippen LogP contribution in [0.2, 0.25) is 0 Å². The first-order valence-corrected chi connectivity index (χ1v) is 8.23. The molecule has 0 aromatic heterocycles. The van der Waals surface area contributed by atoms with Crippen molar-refractivity contribution in [3.63, 3.8) is 0 Å². The molecular formula is C16H33N3. The number of nitrogens with one attached hydrogen (secondary N) is 1. The van der Waals surface area contributed by atoms with E-state index in [0.717, 1.165) is 6.04 Å². The molecule has 0 amide bonds. The molecule has 1 aliphatic carbocycles. The summed E-state index contributed by atoms with van der Waals surface area (Å²) in [5.74, 6) is 0. The van der Waals surface area contributed by atoms with Crippen molar-refractivity contribution in [2.75, 3.05) is 40.8 Å². The Balaban J connectivity index is 1.82. The van der Waals surface area contributed by atoms with Crippen molar-refractivity contribution in [3.05, 3.63) is 0 Å². The molecule has 2 rings (SSSR count). The van der Waals surface area contributed by atoms with Crippen LogP contribution in [0.3, 0.4) is 0 Å². The Morgan fingerprint density at radius 3 is 2.53 bits per heavy atom. The van der Waals surface area contributed by atoms with E-state index in [1.165, 1.54) is 71.0 Å². The van der Waals surface area contributed by atoms with E-state index < -0.39 is 0 Å². The fourth-order valence-corrected chi connectivity index (χ4v) is 4.03. The van der Waals surface area contributed by atoms with Crippen molar-refractivity contribution in [3.8, 4) is 0 Å². The van der Waals surface area contributed by atoms with Gasteiger partial charge in [0.25, 0.3) is 0 Å². The van der Waals surface area contributed by atoms with Crippen LogP contribution in [-0.4, -0.2) is 62.2 Å². The molecule has 2 fully saturated rings. The van der Waals surface area contributed by atoms with E-state index in [4.69, 9.17) is 0 Å². The summed E-state index contributed by atoms with van der Waals surface area (Å²) < 4.78 is 0. The van der Waals surface area contributed by atoms with Crippen molar-refractivity contribution >= 4 is 0 Å². The second-order valence-electron chi connectivity index (χ2n) is 6.94. The molecule has 1 heterocycles. The molecule has 0 bridgehead atoms. The molecule has 0 aromatic carbocycles. The summed E-state index contributed by atoms with van der Waals surface area (Å²) in [4.78, 5) is 5.09. The van der Waals surface area contributed by atoms with Gasteiger partial charge in [0.05, 0.1) is 0 Å². The average molecular weight is 267 g/mol. The number of rotatable bonds is 6. The Morgan fingerprint density at radius 2 is 1.89 bits per heavy atom. The van der Waals surface area contributed by atoms with Gasteiger partial charge in [0, 0.05) is 24.7 Å². The Bertz CT molecular complexity index is 259. The van der Waals surface area contributed by atoms with Gasteiger partial charge in [-0.3, -0.25) is 4.90 Å². The van der Waals surface area contributed by atoms with Crippen LogP contribution >= 0.6 is 0 Å². The van der Waals surface area contributed by atoms with E-state index in [-0.39, 0.29) is 0 Å². The first-order chi connectivity index (χ1) is 9.15. The molecule has 3 nitrogen and oxygen atoms in total. The minimum atomic E-state index is 0.448. The molecule has 0 aromatic rings. The van der Waals surface area contributed by atoms with Crippen LogP contribution in [-0.2, 0) is 0 Å². The first kappa shape index (κ1) is 15.3. The van der Waals surface area contributed by atoms with Crippen molar-refractivity contribution in [1.82, 2.24) is 15.1 Å². The summed E-state index contributed by atoms with van der Waals surface area (Å²) in [5.41, 5.74) is 0.448. The molecule has 112 valence electrons. The smallest absolute Gasteiger partial charge is 0.0223 e. The Labute approximate surface area is 119 Å². The third-order valence-corrected chi connectivity index (χ3v) is 5.29. The lowest BCUT2D eigenvalue weighted by Crippen LogP contribution is -2.48. The van der Waals surface area contributed by atoms with E-state index >= 15 is 0 Å². The van der Waals surface area contributed by atoms with Gasteiger partial charge in [-0.25, -0.2) is 0 Å². The highest BCUT2D eigenvalue weighted by molar-refractivity contribution is 4.92. The van der Waals surface area contributed by atoms with Crippen molar-refractivity contribution in [1.29, 1.82) is 0 Å². The van der Waals surface area contributed by atoms with Crippen molar-refractivity contribution in [2.45, 2.75) is 62.9 Å². The number of hydrogen-bond donors (Lipinski definition) is 1. The number of likely N-dealkylation sites (N-methyl/N-ethyl adjacent to an activating group) is 1. The lowest BCUT2D eigenvalue weighted by Gasteiger charge is -2.39. The minimum absolute atomic E-state index is 0.448. The molecule has 3 heteroatoms. The van der Waals surface area contributed by atoms with E-state index in [2.05, 4.69) is 36.3 Å². The molecule has 0 spiro atoms. The van der Waals surface area contributed by atoms with Gasteiger partial charge in [0.15, 0.2) is 0 Å². The van der Waals surface area contributed by atoms with Crippen LogP contribution < -0.4 is 5.32 Å². The Kier molecular flexibility index (Phi) is 5.67. The standard InChI is InChI=1S/C16H33N3/c1-17-16(9-5-4-6-10-16)11-13-19-12-7-8-15(19)14-18(2)3/h15,17H,4-14H2,1-3H3. The van der Waals surface area contributed by atoms with Gasteiger partial charge >= 0.3 is 0 Å². The van der Waals surface area contributed by atoms with Gasteiger partial charge in [-0.15, -0.1) is 0 Å². The minimum Gasteiger partial charge on any atom is -0.314 e. The van der Waals surface area contributed by atoms with Crippen molar-refractivity contribution in [2.24, 2.45) is 0 Å². The second-order valence-corrected chi connectivity index (χ2v) is 6.94. The van der Waals surface area contributed by atoms with Crippen LogP contribution in [0.1, 0.15) is 51.4 Å². The topological polar surface area (TPSA) is 18.5 Å². The maximum atomic E-state index is 3.66. The molecule has 1 saturated heterocycles. The zero-order chi connectivity index (χ0) is 13.7. The summed E-state index contributed by atoms with van der Waals surface area (Å²) >= 11 is 0. The molecule has 1 atom stereocenters. The van der Waals surface area contributed by atoms with Crippen LogP contribution in [0.25, 0.3) is 0 Å². The third-order valence-electron chi connectivity index (χ3n) is 5.29. The van der Waals surface area contributed by atoms with Gasteiger partial charge in [-0.05, 0) is 59.8 Å². The lowest BCUT2D eigenvalue weighted by atomic mass is 9.79. The van der Waals surface area contributed by atoms with Gasteiger partial charge < -0.3 is 10.2 Å². The van der Waals surface area contributed by atoms with Gasteiger partial charge in [0.1, 0.15) is 0 Å². The summed E-state index contributed by atoms with van der Waals surface area (Å²) in [7, 11) is 6.58. The number of nitrogens with zero attached hydrogens (tertiary/aromatic N) is 2. The number of hydrogen-bond acceptors (Lipinski definition) is 3. The summed E-state index contributed by atoms with van der Waals surface area (Å²) in [5, 5.41) is 3.66. The summed E-state index contributed by atoms with van der Waals surface area (Å²) in [6.45, 7) is 3.84. The predicted molar refractivity (Wildman–Crippen MR) is 82.6 cm³/mol. The predicted octanol–water partition coefficient (Wildman–Crippen LogP) is 2.32. The highest BCUT2D eigenvalue weighted by Gasteiger charge is 2.32. The molecule has 1 N–H and O–H groups in total. The van der Waals surface area contributed by atoms with Gasteiger partial charge in [0.2, 0.25) is 0 Å². The zero-order valence-electron chi connectivity index (χ0n) is 13.2. The first-order valence-electron chi connectivity index (χ1n) is 8.23. The Morgan fingerprint density at radius 1 is 1.16 bits per heavy atom. The van der Waals surface area contributed by atoms with E-state index in [9.17, 15) is 0 Å². The zero-order valence-corrected chi connectivity index (χ0v) is 13.2. The van der Waals surface area contributed by atoms with Crippen LogP contribution in [0, 0.1) is 0 Å². The van der Waals surface area contributed by atoms with Crippen LogP contribution in [0.4, 0.5) is 0 Å². The quantitative estimate of drug-likeness (QED) is 0.797. The molecule has 2 aliphatic rings. The SMILES string of the molecule is CNC1(CCN2CCCC2CN(C)C)CCCCC1. The van der Waals surface area contributed by atoms with E-state index in [1.54, 1.807) is 0 Å².